The molecular weight excluding hydrogens is 444 g/mol. The molecule has 0 aliphatic heterocycles. The third-order valence-electron chi connectivity index (χ3n) is 6.56. The number of nitrogens with one attached hydrogen (secondary N) is 1. The molecule has 2 aromatic carbocycles. The van der Waals surface area contributed by atoms with Gasteiger partial charge in [-0.1, -0.05) is 30.3 Å². The van der Waals surface area contributed by atoms with Crippen molar-refractivity contribution in [3.8, 4) is 11.5 Å². The Morgan fingerprint density at radius 2 is 1.85 bits per heavy atom. The van der Waals surface area contributed by atoms with Crippen LogP contribution in [-0.4, -0.2) is 31.2 Å². The minimum absolute atomic E-state index is 0.0427. The first-order valence-corrected chi connectivity index (χ1v) is 12.6. The number of carbonyl (C=O) groups is 1. The summed E-state index contributed by atoms with van der Waals surface area (Å²) in [5.41, 5.74) is 2.18. The Morgan fingerprint density at radius 3 is 2.44 bits per heavy atom. The monoisotopic (exact) mass is 476 g/mol. The van der Waals surface area contributed by atoms with Crippen LogP contribution in [0.2, 0.25) is 0 Å². The van der Waals surface area contributed by atoms with Crippen LogP contribution in [0.15, 0.2) is 72.3 Å². The number of hydrogen-bond acceptors (Lipinski definition) is 5. The van der Waals surface area contributed by atoms with Gasteiger partial charge in [0.1, 0.15) is 11.5 Å². The van der Waals surface area contributed by atoms with E-state index in [-0.39, 0.29) is 23.3 Å². The van der Waals surface area contributed by atoms with E-state index < -0.39 is 0 Å². The van der Waals surface area contributed by atoms with Gasteiger partial charge in [-0.25, -0.2) is 4.98 Å². The number of amides is 1. The molecular formula is C28H32N2O3S. The van der Waals surface area contributed by atoms with Gasteiger partial charge in [-0.2, -0.15) is 0 Å². The molecule has 1 aliphatic carbocycles. The van der Waals surface area contributed by atoms with Crippen molar-refractivity contribution in [2.45, 2.75) is 44.1 Å². The smallest absolute Gasteiger partial charge is 0.243 e. The highest BCUT2D eigenvalue weighted by Crippen LogP contribution is 2.60. The molecule has 6 heteroatoms. The summed E-state index contributed by atoms with van der Waals surface area (Å²) in [5, 5.41) is 6.26. The van der Waals surface area contributed by atoms with Gasteiger partial charge in [0.2, 0.25) is 5.91 Å². The summed E-state index contributed by atoms with van der Waals surface area (Å²) in [6.07, 6.45) is 9.42. The van der Waals surface area contributed by atoms with Crippen molar-refractivity contribution in [2.24, 2.45) is 5.92 Å². The lowest BCUT2D eigenvalue weighted by atomic mass is 9.85. The van der Waals surface area contributed by atoms with Crippen LogP contribution in [0.3, 0.4) is 0 Å². The molecule has 0 unspecified atom stereocenters. The summed E-state index contributed by atoms with van der Waals surface area (Å²) in [5.74, 6) is 1.84. The maximum absolute atomic E-state index is 12.6. The highest BCUT2D eigenvalue weighted by Gasteiger charge is 2.55. The van der Waals surface area contributed by atoms with Crippen LogP contribution in [0.1, 0.15) is 42.3 Å². The third kappa shape index (κ3) is 5.50. The molecule has 0 spiro atoms. The minimum atomic E-state index is -0.195. The van der Waals surface area contributed by atoms with Crippen molar-refractivity contribution in [3.63, 3.8) is 0 Å². The number of methoxy groups -OCH3 is 2. The molecule has 1 saturated carbocycles. The number of hydrogen-bond donors (Lipinski definition) is 1. The molecule has 3 aromatic rings. The zero-order chi connectivity index (χ0) is 24.0. The number of rotatable bonds is 11. The number of allylic oxidation sites excluding steroid dienone is 1. The third-order valence-corrected chi connectivity index (χ3v) is 7.40. The zero-order valence-electron chi connectivity index (χ0n) is 20.0. The summed E-state index contributed by atoms with van der Waals surface area (Å²) >= 11 is 1.68. The molecule has 1 aliphatic rings. The summed E-state index contributed by atoms with van der Waals surface area (Å²) in [6, 6.07) is 16.6. The van der Waals surface area contributed by atoms with Crippen molar-refractivity contribution in [2.75, 3.05) is 14.2 Å². The molecule has 34 heavy (non-hydrogen) atoms. The van der Waals surface area contributed by atoms with Crippen LogP contribution in [0.25, 0.3) is 0 Å². The predicted molar refractivity (Wildman–Crippen MR) is 137 cm³/mol. The van der Waals surface area contributed by atoms with Crippen molar-refractivity contribution in [1.29, 1.82) is 0 Å². The SMILES string of the molecule is COc1cccc(C2(c3cccc(OC)c3)C[C@@H]2C=CC(=O)N[C@@H](C)CCCc2nccs2)c1. The van der Waals surface area contributed by atoms with Gasteiger partial charge in [0.25, 0.3) is 0 Å². The number of ether oxygens (including phenoxy) is 2. The number of aryl methyl sites for hydroxylation is 1. The molecule has 1 N–H and O–H groups in total. The number of nitrogens with zero attached hydrogens (tertiary/aromatic N) is 1. The highest BCUT2D eigenvalue weighted by molar-refractivity contribution is 7.09. The Hall–Kier alpha value is -3.12. The van der Waals surface area contributed by atoms with E-state index in [9.17, 15) is 4.79 Å². The molecule has 1 fully saturated rings. The summed E-state index contributed by atoms with van der Waals surface area (Å²) in [4.78, 5) is 16.9. The molecule has 4 rings (SSSR count). The number of carbonyl (C=O) groups excluding carboxylic acids is 1. The topological polar surface area (TPSA) is 60.5 Å². The van der Waals surface area contributed by atoms with Crippen LogP contribution in [0.5, 0.6) is 11.5 Å². The van der Waals surface area contributed by atoms with Crippen LogP contribution in [0, 0.1) is 5.92 Å². The first-order chi connectivity index (χ1) is 16.5. The van der Waals surface area contributed by atoms with Gasteiger partial charge >= 0.3 is 0 Å². The van der Waals surface area contributed by atoms with E-state index in [2.05, 4.69) is 47.6 Å². The van der Waals surface area contributed by atoms with Crippen LogP contribution >= 0.6 is 11.3 Å². The van der Waals surface area contributed by atoms with E-state index in [4.69, 9.17) is 9.47 Å². The Labute approximate surface area is 205 Å². The predicted octanol–water partition coefficient (Wildman–Crippen LogP) is 5.55. The standard InChI is InChI=1S/C28H32N2O3S/c1-20(7-4-12-27-29-15-16-34-27)30-26(31)14-13-23-19-28(23,21-8-5-10-24(17-21)32-2)22-9-6-11-25(18-22)33-3/h5-6,8-11,13-18,20,23H,4,7,12,19H2,1-3H3,(H,30,31)/t20-,23-/m0/s1. The summed E-state index contributed by atoms with van der Waals surface area (Å²) < 4.78 is 11.0. The van der Waals surface area contributed by atoms with E-state index in [1.807, 2.05) is 35.8 Å². The molecule has 178 valence electrons. The molecule has 5 nitrogen and oxygen atoms in total. The van der Waals surface area contributed by atoms with E-state index >= 15 is 0 Å². The fourth-order valence-corrected chi connectivity index (χ4v) is 5.32. The van der Waals surface area contributed by atoms with E-state index in [0.29, 0.717) is 0 Å². The van der Waals surface area contributed by atoms with E-state index in [1.165, 1.54) is 11.1 Å². The maximum Gasteiger partial charge on any atom is 0.243 e. The second-order valence-corrected chi connectivity index (χ2v) is 9.81. The minimum Gasteiger partial charge on any atom is -0.497 e. The van der Waals surface area contributed by atoms with Gasteiger partial charge in [-0.15, -0.1) is 11.3 Å². The van der Waals surface area contributed by atoms with Gasteiger partial charge in [-0.3, -0.25) is 4.79 Å². The molecule has 0 saturated heterocycles. The van der Waals surface area contributed by atoms with Crippen molar-refractivity contribution >= 4 is 17.2 Å². The van der Waals surface area contributed by atoms with Gasteiger partial charge in [-0.05, 0) is 80.0 Å². The fraction of sp³-hybridized carbons (Fsp3) is 0.357. The van der Waals surface area contributed by atoms with Crippen molar-refractivity contribution in [3.05, 3.63) is 88.4 Å². The molecule has 1 amide bonds. The first-order valence-electron chi connectivity index (χ1n) is 11.7. The first kappa shape index (κ1) is 24.0. The van der Waals surface area contributed by atoms with Crippen molar-refractivity contribution in [1.82, 2.24) is 10.3 Å². The van der Waals surface area contributed by atoms with Gasteiger partial charge in [0.15, 0.2) is 0 Å². The maximum atomic E-state index is 12.6. The van der Waals surface area contributed by atoms with Crippen LogP contribution in [-0.2, 0) is 16.6 Å². The second-order valence-electron chi connectivity index (χ2n) is 8.83. The fourth-order valence-electron chi connectivity index (χ4n) is 4.65. The Bertz CT molecular complexity index is 1080. The lowest BCUT2D eigenvalue weighted by molar-refractivity contribution is -0.117. The zero-order valence-corrected chi connectivity index (χ0v) is 20.8. The summed E-state index contributed by atoms with van der Waals surface area (Å²) in [7, 11) is 3.37. The molecule has 0 bridgehead atoms. The Balaban J connectivity index is 1.43. The second kappa shape index (κ2) is 10.9. The average Bonchev–Trinajstić information content (AvgIpc) is 3.38. The molecule has 1 aromatic heterocycles. The largest absolute Gasteiger partial charge is 0.497 e. The molecule has 0 radical (unpaired) electrons. The van der Waals surface area contributed by atoms with Crippen LogP contribution in [0.4, 0.5) is 0 Å². The quantitative estimate of drug-likeness (QED) is 0.369. The normalized spacial score (nSPS) is 17.3. The number of benzene rings is 2. The van der Waals surface area contributed by atoms with Crippen molar-refractivity contribution < 1.29 is 14.3 Å². The number of thiazole rings is 1. The highest BCUT2D eigenvalue weighted by atomic mass is 32.1. The van der Waals surface area contributed by atoms with Gasteiger partial charge in [0, 0.05) is 23.0 Å². The van der Waals surface area contributed by atoms with E-state index in [0.717, 1.165) is 42.2 Å². The molecule has 2 atom stereocenters. The summed E-state index contributed by atoms with van der Waals surface area (Å²) in [6.45, 7) is 2.06. The Kier molecular flexibility index (Phi) is 7.68. The van der Waals surface area contributed by atoms with Gasteiger partial charge < -0.3 is 14.8 Å². The lowest BCUT2D eigenvalue weighted by Gasteiger charge is -2.20. The van der Waals surface area contributed by atoms with E-state index in [1.54, 1.807) is 31.6 Å². The average molecular weight is 477 g/mol. The Morgan fingerprint density at radius 1 is 1.18 bits per heavy atom. The van der Waals surface area contributed by atoms with Gasteiger partial charge in [0.05, 0.1) is 19.2 Å². The van der Waals surface area contributed by atoms with Crippen LogP contribution < -0.4 is 14.8 Å². The lowest BCUT2D eigenvalue weighted by Crippen LogP contribution is -2.31. The number of aromatic nitrogens is 1. The molecule has 1 heterocycles.